The van der Waals surface area contributed by atoms with Crippen molar-refractivity contribution in [2.45, 2.75) is 19.3 Å². The number of nitrogen functional groups attached to an aromatic ring is 1. The average Bonchev–Trinajstić information content (AvgIpc) is 2.84. The van der Waals surface area contributed by atoms with E-state index < -0.39 is 0 Å². The third-order valence-electron chi connectivity index (χ3n) is 2.94. The van der Waals surface area contributed by atoms with Crippen LogP contribution in [0.4, 0.5) is 5.69 Å². The monoisotopic (exact) mass is 352 g/mol. The first-order valence-corrected chi connectivity index (χ1v) is 8.10. The van der Waals surface area contributed by atoms with Gasteiger partial charge in [-0.2, -0.15) is 0 Å². The van der Waals surface area contributed by atoms with Crippen molar-refractivity contribution < 1.29 is 4.79 Å². The molecule has 0 saturated carbocycles. The molecule has 2 aromatic rings. The number of amides is 1. The van der Waals surface area contributed by atoms with Gasteiger partial charge in [-0.1, -0.05) is 12.1 Å². The van der Waals surface area contributed by atoms with E-state index in [1.54, 1.807) is 11.3 Å². The van der Waals surface area contributed by atoms with E-state index in [4.69, 9.17) is 5.73 Å². The second kappa shape index (κ2) is 7.45. The molecule has 20 heavy (non-hydrogen) atoms. The van der Waals surface area contributed by atoms with E-state index in [9.17, 15) is 4.79 Å². The maximum absolute atomic E-state index is 11.7. The van der Waals surface area contributed by atoms with Gasteiger partial charge in [0.2, 0.25) is 5.91 Å². The van der Waals surface area contributed by atoms with Crippen LogP contribution in [0.3, 0.4) is 0 Å². The number of anilines is 1. The van der Waals surface area contributed by atoms with Crippen LogP contribution in [-0.2, 0) is 17.6 Å². The van der Waals surface area contributed by atoms with Crippen molar-refractivity contribution in [3.63, 3.8) is 0 Å². The van der Waals surface area contributed by atoms with Crippen LogP contribution in [0.2, 0.25) is 0 Å². The van der Waals surface area contributed by atoms with Crippen LogP contribution in [0.15, 0.2) is 40.2 Å². The SMILES string of the molecule is Nc1ccc(CCC(=O)NCCc2ccc(Br)s2)cc1. The molecule has 3 N–H and O–H groups in total. The van der Waals surface area contributed by atoms with Crippen molar-refractivity contribution in [3.8, 4) is 0 Å². The molecule has 0 aliphatic rings. The van der Waals surface area contributed by atoms with E-state index in [1.165, 1.54) is 4.88 Å². The van der Waals surface area contributed by atoms with Gasteiger partial charge in [-0.3, -0.25) is 4.79 Å². The summed E-state index contributed by atoms with van der Waals surface area (Å²) >= 11 is 5.14. The minimum absolute atomic E-state index is 0.0949. The van der Waals surface area contributed by atoms with Crippen LogP contribution in [0.1, 0.15) is 16.9 Å². The van der Waals surface area contributed by atoms with Crippen LogP contribution in [0.5, 0.6) is 0 Å². The van der Waals surface area contributed by atoms with E-state index in [-0.39, 0.29) is 5.91 Å². The van der Waals surface area contributed by atoms with Gasteiger partial charge in [0.1, 0.15) is 0 Å². The second-order valence-corrected chi connectivity index (χ2v) is 7.09. The smallest absolute Gasteiger partial charge is 0.220 e. The molecule has 0 bridgehead atoms. The zero-order valence-electron chi connectivity index (χ0n) is 11.1. The van der Waals surface area contributed by atoms with Gasteiger partial charge in [0, 0.05) is 23.5 Å². The summed E-state index contributed by atoms with van der Waals surface area (Å²) in [7, 11) is 0. The molecule has 3 nitrogen and oxygen atoms in total. The lowest BCUT2D eigenvalue weighted by molar-refractivity contribution is -0.121. The first-order chi connectivity index (χ1) is 9.63. The molecule has 0 aliphatic carbocycles. The van der Waals surface area contributed by atoms with E-state index in [0.717, 1.165) is 27.9 Å². The molecule has 2 rings (SSSR count). The summed E-state index contributed by atoms with van der Waals surface area (Å²) in [6.45, 7) is 0.688. The van der Waals surface area contributed by atoms with Crippen molar-refractivity contribution in [2.24, 2.45) is 0 Å². The Balaban J connectivity index is 1.66. The van der Waals surface area contributed by atoms with Crippen molar-refractivity contribution in [1.29, 1.82) is 0 Å². The van der Waals surface area contributed by atoms with Crippen molar-refractivity contribution in [3.05, 3.63) is 50.6 Å². The lowest BCUT2D eigenvalue weighted by Gasteiger charge is -2.05. The zero-order valence-corrected chi connectivity index (χ0v) is 13.5. The summed E-state index contributed by atoms with van der Waals surface area (Å²) in [6.07, 6.45) is 2.14. The lowest BCUT2D eigenvalue weighted by Crippen LogP contribution is -2.25. The number of halogens is 1. The quantitative estimate of drug-likeness (QED) is 0.783. The summed E-state index contributed by atoms with van der Waals surface area (Å²) in [5, 5.41) is 2.95. The van der Waals surface area contributed by atoms with Gasteiger partial charge >= 0.3 is 0 Å². The van der Waals surface area contributed by atoms with Crippen LogP contribution in [-0.4, -0.2) is 12.5 Å². The minimum Gasteiger partial charge on any atom is -0.399 e. The van der Waals surface area contributed by atoms with Gasteiger partial charge in [-0.05, 0) is 58.6 Å². The van der Waals surface area contributed by atoms with Crippen molar-refractivity contribution >= 4 is 38.9 Å². The third-order valence-corrected chi connectivity index (χ3v) is 4.63. The van der Waals surface area contributed by atoms with Gasteiger partial charge in [-0.25, -0.2) is 0 Å². The molecule has 1 amide bonds. The Morgan fingerprint density at radius 2 is 1.90 bits per heavy atom. The number of benzene rings is 1. The normalized spacial score (nSPS) is 10.4. The molecule has 1 aromatic heterocycles. The fraction of sp³-hybridized carbons (Fsp3) is 0.267. The Bertz CT molecular complexity index is 566. The third kappa shape index (κ3) is 4.98. The lowest BCUT2D eigenvalue weighted by atomic mass is 10.1. The zero-order chi connectivity index (χ0) is 14.4. The fourth-order valence-electron chi connectivity index (χ4n) is 1.84. The first-order valence-electron chi connectivity index (χ1n) is 6.49. The number of hydrogen-bond acceptors (Lipinski definition) is 3. The molecule has 0 fully saturated rings. The van der Waals surface area contributed by atoms with Gasteiger partial charge in [0.15, 0.2) is 0 Å². The molecule has 1 aromatic carbocycles. The second-order valence-electron chi connectivity index (χ2n) is 4.55. The predicted octanol–water partition coefficient (Wildman–Crippen LogP) is 3.38. The number of nitrogens with two attached hydrogens (primary N) is 1. The number of aryl methyl sites for hydroxylation is 1. The predicted molar refractivity (Wildman–Crippen MR) is 87.9 cm³/mol. The summed E-state index contributed by atoms with van der Waals surface area (Å²) in [4.78, 5) is 13.0. The molecule has 0 atom stereocenters. The van der Waals surface area contributed by atoms with Crippen molar-refractivity contribution in [1.82, 2.24) is 5.32 Å². The standard InChI is InChI=1S/C15H17BrN2OS/c16-14-7-6-13(20-14)9-10-18-15(19)8-3-11-1-4-12(17)5-2-11/h1-2,4-7H,3,8-10,17H2,(H,18,19). The summed E-state index contributed by atoms with van der Waals surface area (Å²) in [5.74, 6) is 0.0949. The molecule has 106 valence electrons. The Morgan fingerprint density at radius 1 is 1.15 bits per heavy atom. The van der Waals surface area contributed by atoms with E-state index in [0.29, 0.717) is 13.0 Å². The van der Waals surface area contributed by atoms with E-state index >= 15 is 0 Å². The highest BCUT2D eigenvalue weighted by molar-refractivity contribution is 9.11. The molecule has 0 saturated heterocycles. The van der Waals surface area contributed by atoms with Gasteiger partial charge < -0.3 is 11.1 Å². The largest absolute Gasteiger partial charge is 0.399 e. The molecular weight excluding hydrogens is 336 g/mol. The Hall–Kier alpha value is -1.33. The molecule has 0 radical (unpaired) electrons. The highest BCUT2D eigenvalue weighted by Gasteiger charge is 2.03. The maximum atomic E-state index is 11.7. The summed E-state index contributed by atoms with van der Waals surface area (Å²) < 4.78 is 1.13. The first kappa shape index (κ1) is 15.1. The number of carbonyl (C=O) groups excluding carboxylic acids is 1. The van der Waals surface area contributed by atoms with Crippen molar-refractivity contribution in [2.75, 3.05) is 12.3 Å². The van der Waals surface area contributed by atoms with Crippen LogP contribution in [0, 0.1) is 0 Å². The average molecular weight is 353 g/mol. The molecule has 0 aliphatic heterocycles. The van der Waals surface area contributed by atoms with E-state index in [2.05, 4.69) is 27.3 Å². The highest BCUT2D eigenvalue weighted by Crippen LogP contribution is 2.22. The van der Waals surface area contributed by atoms with Crippen LogP contribution in [0.25, 0.3) is 0 Å². The molecule has 0 spiro atoms. The number of rotatable bonds is 6. The van der Waals surface area contributed by atoms with Gasteiger partial charge in [-0.15, -0.1) is 11.3 Å². The summed E-state index contributed by atoms with van der Waals surface area (Å²) in [6, 6.07) is 11.8. The summed E-state index contributed by atoms with van der Waals surface area (Å²) in [5.41, 5.74) is 7.51. The van der Waals surface area contributed by atoms with E-state index in [1.807, 2.05) is 30.3 Å². The van der Waals surface area contributed by atoms with Gasteiger partial charge in [0.05, 0.1) is 3.79 Å². The number of nitrogens with one attached hydrogen (secondary N) is 1. The van der Waals surface area contributed by atoms with Crippen LogP contribution < -0.4 is 11.1 Å². The van der Waals surface area contributed by atoms with Gasteiger partial charge in [0.25, 0.3) is 0 Å². The van der Waals surface area contributed by atoms with Crippen LogP contribution >= 0.6 is 27.3 Å². The fourth-order valence-corrected chi connectivity index (χ4v) is 3.32. The molecule has 5 heteroatoms. The molecular formula is C15H17BrN2OS. The topological polar surface area (TPSA) is 55.1 Å². The highest BCUT2D eigenvalue weighted by atomic mass is 79.9. The Morgan fingerprint density at radius 3 is 2.55 bits per heavy atom. The number of carbonyl (C=O) groups is 1. The molecule has 0 unspecified atom stereocenters. The molecule has 1 heterocycles. The minimum atomic E-state index is 0.0949. The number of thiophene rings is 1. The Kier molecular flexibility index (Phi) is 5.61. The maximum Gasteiger partial charge on any atom is 0.220 e. The number of hydrogen-bond donors (Lipinski definition) is 2. The Labute approximate surface area is 131 Å².